The Balaban J connectivity index is 1.44. The normalized spacial score (nSPS) is 19.7. The molecule has 260 valence electrons. The number of phenols is 1. The number of phenolic OH excluding ortho intramolecular Hbond substituents is 1. The van der Waals surface area contributed by atoms with Gasteiger partial charge in [-0.05, 0) is 106 Å². The number of benzene rings is 2. The summed E-state index contributed by atoms with van der Waals surface area (Å²) in [5.41, 5.74) is 7.81. The Hall–Kier alpha value is -3.62. The average molecular weight is 658 g/mol. The van der Waals surface area contributed by atoms with Gasteiger partial charge in [-0.15, -0.1) is 0 Å². The fourth-order valence-corrected chi connectivity index (χ4v) is 6.42. The Morgan fingerprint density at radius 3 is 2.09 bits per heavy atom. The first-order valence-corrected chi connectivity index (χ1v) is 16.4. The maximum atomic E-state index is 13.3. The van der Waals surface area contributed by atoms with Crippen LogP contribution in [0.4, 0.5) is 0 Å². The molecule has 1 aliphatic heterocycles. The van der Waals surface area contributed by atoms with E-state index in [1.165, 1.54) is 14.2 Å². The number of unbranched alkanes of at least 4 members (excludes halogenated alkanes) is 1. The standard InChI is InChI=1S/C34H51N5O8/c1-43-20-26-25(19-40)32(22-14-29(44-2)34(42)30(15-22)45-3)23-16-27-28(47-21-46-27)17-24(23)33(26)39-31(41)18-38-13-7-12-37-10-5-4-9-36-11-6-8-35/h14-17,19,25-26,32-33,36-38,42H,4-13,18,20-21,35H2,1-3H3,(H,39,41)/t25-,26?,32?,33?/m0/s1. The minimum atomic E-state index is -0.604. The van der Waals surface area contributed by atoms with E-state index in [1.807, 2.05) is 12.1 Å². The summed E-state index contributed by atoms with van der Waals surface area (Å²) in [5, 5.41) is 23.8. The van der Waals surface area contributed by atoms with E-state index >= 15 is 0 Å². The van der Waals surface area contributed by atoms with Crippen LogP contribution in [-0.4, -0.2) is 97.8 Å². The lowest BCUT2D eigenvalue weighted by Crippen LogP contribution is -2.46. The van der Waals surface area contributed by atoms with Gasteiger partial charge in [-0.1, -0.05) is 0 Å². The number of rotatable bonds is 21. The molecule has 2 aromatic carbocycles. The number of aromatic hydroxyl groups is 1. The fraction of sp³-hybridized carbons (Fsp3) is 0.588. The van der Waals surface area contributed by atoms with Gasteiger partial charge < -0.3 is 60.6 Å². The highest BCUT2D eigenvalue weighted by Gasteiger charge is 2.45. The molecule has 7 N–H and O–H groups in total. The summed E-state index contributed by atoms with van der Waals surface area (Å²) in [7, 11) is 4.49. The number of carbonyl (C=O) groups excluding carboxylic acids is 2. The molecule has 13 heteroatoms. The van der Waals surface area contributed by atoms with Crippen LogP contribution in [0, 0.1) is 11.8 Å². The van der Waals surface area contributed by atoms with E-state index in [4.69, 9.17) is 29.4 Å². The molecular formula is C34H51N5O8. The highest BCUT2D eigenvalue weighted by Crippen LogP contribution is 2.53. The maximum absolute atomic E-state index is 13.3. The van der Waals surface area contributed by atoms with E-state index < -0.39 is 23.8 Å². The summed E-state index contributed by atoms with van der Waals surface area (Å²) in [6, 6.07) is 6.63. The minimum absolute atomic E-state index is 0.0740. The predicted octanol–water partition coefficient (Wildman–Crippen LogP) is 1.81. The quantitative estimate of drug-likeness (QED) is 0.0850. The third kappa shape index (κ3) is 9.26. The maximum Gasteiger partial charge on any atom is 0.234 e. The smallest absolute Gasteiger partial charge is 0.234 e. The molecule has 13 nitrogen and oxygen atoms in total. The highest BCUT2D eigenvalue weighted by atomic mass is 16.7. The first-order chi connectivity index (χ1) is 23.0. The lowest BCUT2D eigenvalue weighted by molar-refractivity contribution is -0.123. The van der Waals surface area contributed by atoms with E-state index in [2.05, 4.69) is 21.3 Å². The molecule has 4 atom stereocenters. The molecule has 47 heavy (non-hydrogen) atoms. The van der Waals surface area contributed by atoms with Crippen molar-refractivity contribution in [2.24, 2.45) is 17.6 Å². The van der Waals surface area contributed by atoms with Gasteiger partial charge >= 0.3 is 0 Å². The molecule has 3 unspecified atom stereocenters. The first-order valence-electron chi connectivity index (χ1n) is 16.4. The molecule has 2 aliphatic rings. The highest BCUT2D eigenvalue weighted by molar-refractivity contribution is 5.79. The van der Waals surface area contributed by atoms with Crippen LogP contribution in [0.2, 0.25) is 0 Å². The van der Waals surface area contributed by atoms with Crippen molar-refractivity contribution in [1.29, 1.82) is 0 Å². The Kier molecular flexibility index (Phi) is 14.4. The molecule has 0 saturated heterocycles. The van der Waals surface area contributed by atoms with Crippen LogP contribution in [0.1, 0.15) is 54.3 Å². The molecule has 0 aromatic heterocycles. The van der Waals surface area contributed by atoms with Crippen molar-refractivity contribution >= 4 is 12.2 Å². The molecule has 1 amide bonds. The Morgan fingerprint density at radius 1 is 0.894 bits per heavy atom. The number of fused-ring (bicyclic) bond motifs is 2. The molecule has 0 spiro atoms. The third-order valence-corrected chi connectivity index (χ3v) is 8.76. The number of nitrogens with one attached hydrogen (secondary N) is 4. The van der Waals surface area contributed by atoms with E-state index in [-0.39, 0.29) is 43.1 Å². The molecule has 0 fully saturated rings. The summed E-state index contributed by atoms with van der Waals surface area (Å²) >= 11 is 0. The molecule has 0 bridgehead atoms. The zero-order valence-electron chi connectivity index (χ0n) is 27.8. The lowest BCUT2D eigenvalue weighted by atomic mass is 9.64. The summed E-state index contributed by atoms with van der Waals surface area (Å²) in [6.45, 7) is 5.63. The summed E-state index contributed by atoms with van der Waals surface area (Å²) in [4.78, 5) is 26.2. The van der Waals surface area contributed by atoms with Crippen LogP contribution >= 0.6 is 0 Å². The molecular weight excluding hydrogens is 606 g/mol. The van der Waals surface area contributed by atoms with Crippen molar-refractivity contribution in [2.75, 3.05) is 80.5 Å². The van der Waals surface area contributed by atoms with Crippen molar-refractivity contribution in [3.8, 4) is 28.7 Å². The van der Waals surface area contributed by atoms with E-state index in [0.29, 0.717) is 23.6 Å². The van der Waals surface area contributed by atoms with Crippen LogP contribution in [0.5, 0.6) is 28.7 Å². The Labute approximate surface area is 277 Å². The fourth-order valence-electron chi connectivity index (χ4n) is 6.42. The van der Waals surface area contributed by atoms with Gasteiger partial charge in [-0.25, -0.2) is 0 Å². The molecule has 0 saturated carbocycles. The molecule has 2 aromatic rings. The lowest BCUT2D eigenvalue weighted by Gasteiger charge is -2.42. The predicted molar refractivity (Wildman–Crippen MR) is 178 cm³/mol. The van der Waals surface area contributed by atoms with Crippen molar-refractivity contribution in [3.05, 3.63) is 41.0 Å². The Morgan fingerprint density at radius 2 is 1.49 bits per heavy atom. The zero-order chi connectivity index (χ0) is 33.6. The topological polar surface area (TPSA) is 175 Å². The van der Waals surface area contributed by atoms with Crippen LogP contribution in [0.3, 0.4) is 0 Å². The van der Waals surface area contributed by atoms with Crippen molar-refractivity contribution < 1.29 is 38.4 Å². The van der Waals surface area contributed by atoms with Crippen LogP contribution in [0.15, 0.2) is 24.3 Å². The number of aldehydes is 1. The average Bonchev–Trinajstić information content (AvgIpc) is 3.54. The van der Waals surface area contributed by atoms with Gasteiger partial charge in [0.25, 0.3) is 0 Å². The van der Waals surface area contributed by atoms with Crippen LogP contribution in [-0.2, 0) is 14.3 Å². The number of ether oxygens (including phenoxy) is 5. The molecule has 4 rings (SSSR count). The number of hydrogen-bond donors (Lipinski definition) is 6. The summed E-state index contributed by atoms with van der Waals surface area (Å²) in [5.74, 6) is -0.254. The van der Waals surface area contributed by atoms with Gasteiger partial charge in [0, 0.05) is 24.9 Å². The molecule has 1 aliphatic carbocycles. The summed E-state index contributed by atoms with van der Waals surface area (Å²) < 4.78 is 27.9. The van der Waals surface area contributed by atoms with Crippen LogP contribution < -0.4 is 45.9 Å². The number of amides is 1. The van der Waals surface area contributed by atoms with E-state index in [1.54, 1.807) is 19.2 Å². The first kappa shape index (κ1) is 36.2. The van der Waals surface area contributed by atoms with Gasteiger partial charge in [0.15, 0.2) is 23.0 Å². The van der Waals surface area contributed by atoms with Crippen LogP contribution in [0.25, 0.3) is 0 Å². The van der Waals surface area contributed by atoms with Crippen molar-refractivity contribution in [2.45, 2.75) is 37.6 Å². The largest absolute Gasteiger partial charge is 0.502 e. The second kappa shape index (κ2) is 18.6. The van der Waals surface area contributed by atoms with E-state index in [0.717, 1.165) is 75.8 Å². The van der Waals surface area contributed by atoms with Gasteiger partial charge in [-0.2, -0.15) is 0 Å². The second-order valence-electron chi connectivity index (χ2n) is 11.8. The number of hydrogen-bond acceptors (Lipinski definition) is 12. The number of methoxy groups -OCH3 is 3. The van der Waals surface area contributed by atoms with Gasteiger partial charge in [0.1, 0.15) is 6.29 Å². The van der Waals surface area contributed by atoms with Crippen molar-refractivity contribution in [3.63, 3.8) is 0 Å². The number of carbonyl (C=O) groups is 2. The Bertz CT molecular complexity index is 1290. The second-order valence-corrected chi connectivity index (χ2v) is 11.8. The summed E-state index contributed by atoms with van der Waals surface area (Å²) in [6.07, 6.45) is 5.03. The van der Waals surface area contributed by atoms with Gasteiger partial charge in [0.05, 0.1) is 33.4 Å². The minimum Gasteiger partial charge on any atom is -0.502 e. The van der Waals surface area contributed by atoms with Gasteiger partial charge in [-0.3, -0.25) is 4.79 Å². The van der Waals surface area contributed by atoms with Crippen molar-refractivity contribution in [1.82, 2.24) is 21.3 Å². The zero-order valence-corrected chi connectivity index (χ0v) is 27.8. The van der Waals surface area contributed by atoms with E-state index in [9.17, 15) is 14.7 Å². The third-order valence-electron chi connectivity index (χ3n) is 8.76. The number of nitrogens with two attached hydrogens (primary N) is 1. The monoisotopic (exact) mass is 657 g/mol. The van der Waals surface area contributed by atoms with Gasteiger partial charge in [0.2, 0.25) is 18.4 Å². The molecule has 0 radical (unpaired) electrons. The SMILES string of the molecule is COCC1C(NC(=O)CNCCCNCCCCNCCCN)c2cc3c(cc2C(c2cc(OC)c(O)c(OC)c2)[C@H]1C=O)OCO3. The molecule has 1 heterocycles.